The summed E-state index contributed by atoms with van der Waals surface area (Å²) < 4.78 is 13.1. The van der Waals surface area contributed by atoms with Crippen LogP contribution in [0.2, 0.25) is 0 Å². The van der Waals surface area contributed by atoms with E-state index in [-0.39, 0.29) is 5.56 Å². The van der Waals surface area contributed by atoms with Gasteiger partial charge in [-0.2, -0.15) is 0 Å². The van der Waals surface area contributed by atoms with Crippen molar-refractivity contribution >= 4 is 5.97 Å². The fourth-order valence-corrected chi connectivity index (χ4v) is 1.63. The van der Waals surface area contributed by atoms with Crippen molar-refractivity contribution < 1.29 is 19.4 Å². The maximum absolute atomic E-state index is 13.1. The predicted molar refractivity (Wildman–Crippen MR) is 62.5 cm³/mol. The summed E-state index contributed by atoms with van der Waals surface area (Å²) in [6, 6.07) is 6.70. The van der Waals surface area contributed by atoms with Gasteiger partial charge in [-0.3, -0.25) is 0 Å². The van der Waals surface area contributed by atoms with Crippen LogP contribution in [0.5, 0.6) is 0 Å². The summed E-state index contributed by atoms with van der Waals surface area (Å²) in [5.41, 5.74) is 1.37. The summed E-state index contributed by atoms with van der Waals surface area (Å²) in [6.45, 7) is 4.18. The zero-order valence-corrected chi connectivity index (χ0v) is 9.93. The van der Waals surface area contributed by atoms with Crippen molar-refractivity contribution in [2.24, 2.45) is 5.92 Å². The lowest BCUT2D eigenvalue weighted by atomic mass is 9.99. The van der Waals surface area contributed by atoms with Crippen LogP contribution < -0.4 is 0 Å². The van der Waals surface area contributed by atoms with E-state index in [9.17, 15) is 14.3 Å². The third-order valence-electron chi connectivity index (χ3n) is 2.48. The van der Waals surface area contributed by atoms with Crippen LogP contribution in [-0.2, 0) is 11.2 Å². The number of carboxylic acids is 1. The molecule has 0 amide bonds. The van der Waals surface area contributed by atoms with Gasteiger partial charge in [0.15, 0.2) is 0 Å². The summed E-state index contributed by atoms with van der Waals surface area (Å²) in [4.78, 5) is 10.4. The average Bonchev–Trinajstić information content (AvgIpc) is 2.27. The van der Waals surface area contributed by atoms with Crippen molar-refractivity contribution in [3.8, 4) is 0 Å². The van der Waals surface area contributed by atoms with Gasteiger partial charge in [0, 0.05) is 0 Å². The molecule has 0 radical (unpaired) electrons. The van der Waals surface area contributed by atoms with E-state index in [2.05, 4.69) is 13.8 Å². The molecule has 0 heterocycles. The van der Waals surface area contributed by atoms with E-state index < -0.39 is 18.2 Å². The van der Waals surface area contributed by atoms with Crippen molar-refractivity contribution in [1.82, 2.24) is 0 Å². The fraction of sp³-hybridized carbons (Fsp3) is 0.462. The first-order valence-electron chi connectivity index (χ1n) is 5.55. The quantitative estimate of drug-likeness (QED) is 0.830. The van der Waals surface area contributed by atoms with Gasteiger partial charge < -0.3 is 10.2 Å². The third-order valence-corrected chi connectivity index (χ3v) is 2.48. The molecule has 0 bridgehead atoms. The Morgan fingerprint density at radius 3 is 2.24 bits per heavy atom. The first kappa shape index (κ1) is 13.6. The number of alkyl halides is 1. The van der Waals surface area contributed by atoms with Crippen LogP contribution in [-0.4, -0.2) is 22.4 Å². The first-order valence-corrected chi connectivity index (χ1v) is 5.55. The topological polar surface area (TPSA) is 57.5 Å². The van der Waals surface area contributed by atoms with Crippen molar-refractivity contribution in [3.05, 3.63) is 35.4 Å². The van der Waals surface area contributed by atoms with Gasteiger partial charge in [0.25, 0.3) is 0 Å². The minimum atomic E-state index is -2.29. The minimum Gasteiger partial charge on any atom is -0.479 e. The van der Waals surface area contributed by atoms with E-state index in [1.165, 1.54) is 0 Å². The molecule has 4 heteroatoms. The number of aliphatic carboxylic acids is 1. The van der Waals surface area contributed by atoms with Crippen LogP contribution in [0.1, 0.15) is 31.1 Å². The maximum Gasteiger partial charge on any atom is 0.341 e. The molecule has 3 nitrogen and oxygen atoms in total. The Morgan fingerprint density at radius 2 is 1.82 bits per heavy atom. The Bertz CT molecular complexity index is 373. The number of rotatable bonds is 5. The molecule has 2 atom stereocenters. The molecule has 94 valence electrons. The number of hydrogen-bond donors (Lipinski definition) is 2. The lowest BCUT2D eigenvalue weighted by Gasteiger charge is -2.13. The molecule has 17 heavy (non-hydrogen) atoms. The molecular formula is C13H17FO3. The van der Waals surface area contributed by atoms with Gasteiger partial charge in [-0.25, -0.2) is 9.18 Å². The van der Waals surface area contributed by atoms with E-state index in [1.54, 1.807) is 24.3 Å². The van der Waals surface area contributed by atoms with Crippen LogP contribution in [0.3, 0.4) is 0 Å². The third kappa shape index (κ3) is 3.82. The molecule has 1 rings (SSSR count). The Labute approximate surface area is 99.9 Å². The molecule has 0 aliphatic rings. The van der Waals surface area contributed by atoms with Gasteiger partial charge in [-0.1, -0.05) is 38.1 Å². The highest BCUT2D eigenvalue weighted by atomic mass is 19.1. The van der Waals surface area contributed by atoms with E-state index in [4.69, 9.17) is 5.11 Å². The SMILES string of the molecule is CC(C)Cc1ccc(C(O)C(F)C(=O)O)cc1. The molecule has 0 aliphatic heterocycles. The lowest BCUT2D eigenvalue weighted by molar-refractivity contribution is -0.147. The fourth-order valence-electron chi connectivity index (χ4n) is 1.63. The van der Waals surface area contributed by atoms with Gasteiger partial charge >= 0.3 is 5.97 Å². The molecule has 2 unspecified atom stereocenters. The van der Waals surface area contributed by atoms with Gasteiger partial charge in [0.2, 0.25) is 6.17 Å². The zero-order chi connectivity index (χ0) is 13.0. The first-order chi connectivity index (χ1) is 7.91. The summed E-state index contributed by atoms with van der Waals surface area (Å²) >= 11 is 0. The Kier molecular flexibility index (Phi) is 4.63. The van der Waals surface area contributed by atoms with Crippen molar-refractivity contribution in [2.75, 3.05) is 0 Å². The van der Waals surface area contributed by atoms with E-state index >= 15 is 0 Å². The average molecular weight is 240 g/mol. The highest BCUT2D eigenvalue weighted by Crippen LogP contribution is 2.20. The number of aliphatic hydroxyl groups excluding tert-OH is 1. The number of carbonyl (C=O) groups is 1. The van der Waals surface area contributed by atoms with E-state index in [1.807, 2.05) is 0 Å². The van der Waals surface area contributed by atoms with Crippen molar-refractivity contribution in [1.29, 1.82) is 0 Å². The lowest BCUT2D eigenvalue weighted by Crippen LogP contribution is -2.23. The number of hydrogen-bond acceptors (Lipinski definition) is 2. The van der Waals surface area contributed by atoms with E-state index in [0.29, 0.717) is 5.92 Å². The number of benzene rings is 1. The van der Waals surface area contributed by atoms with Gasteiger partial charge in [0.1, 0.15) is 6.10 Å². The summed E-state index contributed by atoms with van der Waals surface area (Å²) in [6.07, 6.45) is -3.00. The second kappa shape index (κ2) is 5.77. The van der Waals surface area contributed by atoms with Crippen molar-refractivity contribution in [2.45, 2.75) is 32.5 Å². The highest BCUT2D eigenvalue weighted by molar-refractivity contribution is 5.73. The molecule has 0 spiro atoms. The molecule has 0 saturated heterocycles. The summed E-state index contributed by atoms with van der Waals surface area (Å²) in [5.74, 6) is -1.14. The van der Waals surface area contributed by atoms with Gasteiger partial charge in [-0.15, -0.1) is 0 Å². The molecular weight excluding hydrogens is 223 g/mol. The zero-order valence-electron chi connectivity index (χ0n) is 9.93. The van der Waals surface area contributed by atoms with Gasteiger partial charge in [-0.05, 0) is 23.5 Å². The molecule has 1 aromatic rings. The smallest absolute Gasteiger partial charge is 0.341 e. The largest absolute Gasteiger partial charge is 0.479 e. The normalized spacial score (nSPS) is 14.6. The molecule has 0 saturated carbocycles. The second-order valence-corrected chi connectivity index (χ2v) is 4.52. The monoisotopic (exact) mass is 240 g/mol. The Balaban J connectivity index is 2.76. The van der Waals surface area contributed by atoms with Crippen LogP contribution in [0.4, 0.5) is 4.39 Å². The molecule has 0 aromatic heterocycles. The molecule has 0 fully saturated rings. The van der Waals surface area contributed by atoms with Crippen LogP contribution in [0.15, 0.2) is 24.3 Å². The van der Waals surface area contributed by atoms with E-state index in [0.717, 1.165) is 12.0 Å². The minimum absolute atomic E-state index is 0.285. The van der Waals surface area contributed by atoms with Crippen molar-refractivity contribution in [3.63, 3.8) is 0 Å². The van der Waals surface area contributed by atoms with Crippen LogP contribution in [0, 0.1) is 5.92 Å². The van der Waals surface area contributed by atoms with Crippen LogP contribution in [0.25, 0.3) is 0 Å². The number of halogens is 1. The standard InChI is InChI=1S/C13H17FO3/c1-8(2)7-9-3-5-10(6-4-9)12(15)11(14)13(16)17/h3-6,8,11-12,15H,7H2,1-2H3,(H,16,17). The Hall–Kier alpha value is -1.42. The Morgan fingerprint density at radius 1 is 1.29 bits per heavy atom. The molecule has 2 N–H and O–H groups in total. The van der Waals surface area contributed by atoms with Gasteiger partial charge in [0.05, 0.1) is 0 Å². The summed E-state index contributed by atoms with van der Waals surface area (Å²) in [7, 11) is 0. The number of carboxylic acid groups (broad SMARTS) is 1. The predicted octanol–water partition coefficient (Wildman–Crippen LogP) is 2.34. The second-order valence-electron chi connectivity index (χ2n) is 4.52. The summed E-state index contributed by atoms with van der Waals surface area (Å²) in [5, 5.41) is 17.9. The maximum atomic E-state index is 13.1. The number of aliphatic hydroxyl groups is 1. The molecule has 0 aliphatic carbocycles. The van der Waals surface area contributed by atoms with Crippen LogP contribution >= 0.6 is 0 Å². The highest BCUT2D eigenvalue weighted by Gasteiger charge is 2.27. The molecule has 1 aromatic carbocycles.